The number of fused-ring (bicyclic) bond motifs is 1. The number of hydrogen-bond donors (Lipinski definition) is 1. The Kier molecular flexibility index (Phi) is 5.62. The minimum atomic E-state index is -0.277. The number of carbonyl (C=O) groups is 1. The normalized spacial score (nSPS) is 17.6. The van der Waals surface area contributed by atoms with E-state index in [0.29, 0.717) is 6.54 Å². The molecule has 1 amide bonds. The molecule has 0 unspecified atom stereocenters. The van der Waals surface area contributed by atoms with Crippen molar-refractivity contribution in [1.82, 2.24) is 10.2 Å². The van der Waals surface area contributed by atoms with Gasteiger partial charge in [0.1, 0.15) is 5.82 Å². The van der Waals surface area contributed by atoms with Crippen molar-refractivity contribution in [3.05, 3.63) is 65.0 Å². The van der Waals surface area contributed by atoms with Crippen LogP contribution in [0.15, 0.2) is 42.5 Å². The Balaban J connectivity index is 1.45. The highest BCUT2D eigenvalue weighted by atomic mass is 19.1. The van der Waals surface area contributed by atoms with Crippen molar-refractivity contribution in [2.24, 2.45) is 0 Å². The van der Waals surface area contributed by atoms with Gasteiger partial charge in [0.05, 0.1) is 12.5 Å². The standard InChI is InChI=1S/C23H28FN3O/c1-26-13-10-19-15-18(6-9-21(19)26)22(27-11-2-3-12-27)16-25-23(28)14-17-4-7-20(24)8-5-17/h4-9,15,22H,2-3,10-14,16H2,1H3,(H,25,28)/t22-/m1/s1. The van der Waals surface area contributed by atoms with Gasteiger partial charge in [0.25, 0.3) is 0 Å². The fourth-order valence-corrected chi connectivity index (χ4v) is 4.37. The molecule has 4 nitrogen and oxygen atoms in total. The van der Waals surface area contributed by atoms with Crippen molar-refractivity contribution in [2.75, 3.05) is 38.1 Å². The summed E-state index contributed by atoms with van der Waals surface area (Å²) in [4.78, 5) is 17.2. The van der Waals surface area contributed by atoms with Crippen molar-refractivity contribution < 1.29 is 9.18 Å². The smallest absolute Gasteiger partial charge is 0.224 e. The first-order chi connectivity index (χ1) is 13.6. The molecule has 0 aliphatic carbocycles. The highest BCUT2D eigenvalue weighted by molar-refractivity contribution is 5.78. The summed E-state index contributed by atoms with van der Waals surface area (Å²) in [5.74, 6) is -0.294. The SMILES string of the molecule is CN1CCc2cc([C@@H](CNC(=O)Cc3ccc(F)cc3)N3CCCC3)ccc21. The van der Waals surface area contributed by atoms with Crippen LogP contribution in [0, 0.1) is 5.82 Å². The minimum absolute atomic E-state index is 0.0169. The number of amides is 1. The van der Waals surface area contributed by atoms with Gasteiger partial charge in [-0.1, -0.05) is 24.3 Å². The monoisotopic (exact) mass is 381 g/mol. The lowest BCUT2D eigenvalue weighted by atomic mass is 10.0. The third-order valence-electron chi connectivity index (χ3n) is 5.97. The number of likely N-dealkylation sites (N-methyl/N-ethyl adjacent to an activating group) is 1. The molecule has 0 radical (unpaired) electrons. The molecule has 2 aromatic carbocycles. The molecule has 2 heterocycles. The first kappa shape index (κ1) is 18.9. The first-order valence-electron chi connectivity index (χ1n) is 10.2. The molecule has 0 spiro atoms. The summed E-state index contributed by atoms with van der Waals surface area (Å²) >= 11 is 0. The van der Waals surface area contributed by atoms with Crippen LogP contribution in [-0.4, -0.2) is 44.0 Å². The number of halogens is 1. The van der Waals surface area contributed by atoms with Gasteiger partial charge >= 0.3 is 0 Å². The molecule has 2 aliphatic heterocycles. The van der Waals surface area contributed by atoms with Crippen LogP contribution in [0.4, 0.5) is 10.1 Å². The van der Waals surface area contributed by atoms with Gasteiger partial charge in [-0.05, 0) is 67.2 Å². The molecule has 1 saturated heterocycles. The van der Waals surface area contributed by atoms with Crippen LogP contribution in [0.1, 0.15) is 35.6 Å². The fraction of sp³-hybridized carbons (Fsp3) is 0.435. The highest BCUT2D eigenvalue weighted by Gasteiger charge is 2.26. The van der Waals surface area contributed by atoms with Crippen LogP contribution in [0.3, 0.4) is 0 Å². The summed E-state index contributed by atoms with van der Waals surface area (Å²) in [6.45, 7) is 3.83. The maximum Gasteiger partial charge on any atom is 0.224 e. The van der Waals surface area contributed by atoms with E-state index in [1.807, 2.05) is 0 Å². The van der Waals surface area contributed by atoms with Crippen molar-refractivity contribution in [3.8, 4) is 0 Å². The van der Waals surface area contributed by atoms with Gasteiger partial charge < -0.3 is 10.2 Å². The van der Waals surface area contributed by atoms with Crippen LogP contribution >= 0.6 is 0 Å². The molecule has 0 aromatic heterocycles. The van der Waals surface area contributed by atoms with Gasteiger partial charge in [0.2, 0.25) is 5.91 Å². The average Bonchev–Trinajstić information content (AvgIpc) is 3.34. The Morgan fingerprint density at radius 1 is 1.11 bits per heavy atom. The molecule has 5 heteroatoms. The number of hydrogen-bond acceptors (Lipinski definition) is 3. The molecule has 1 fully saturated rings. The number of anilines is 1. The second-order valence-electron chi connectivity index (χ2n) is 7.93. The molecule has 1 N–H and O–H groups in total. The van der Waals surface area contributed by atoms with E-state index in [0.717, 1.165) is 31.6 Å². The number of nitrogens with one attached hydrogen (secondary N) is 1. The molecule has 28 heavy (non-hydrogen) atoms. The quantitative estimate of drug-likeness (QED) is 0.834. The molecule has 0 saturated carbocycles. The van der Waals surface area contributed by atoms with E-state index in [4.69, 9.17) is 0 Å². The maximum absolute atomic E-state index is 13.0. The summed E-state index contributed by atoms with van der Waals surface area (Å²) in [7, 11) is 2.14. The van der Waals surface area contributed by atoms with Crippen molar-refractivity contribution in [1.29, 1.82) is 0 Å². The fourth-order valence-electron chi connectivity index (χ4n) is 4.37. The van der Waals surface area contributed by atoms with Crippen LogP contribution in [0.2, 0.25) is 0 Å². The predicted molar refractivity (Wildman–Crippen MR) is 110 cm³/mol. The molecular weight excluding hydrogens is 353 g/mol. The highest BCUT2D eigenvalue weighted by Crippen LogP contribution is 2.32. The van der Waals surface area contributed by atoms with Gasteiger partial charge in [0.15, 0.2) is 0 Å². The third kappa shape index (κ3) is 4.20. The summed E-state index contributed by atoms with van der Waals surface area (Å²) in [5, 5.41) is 3.11. The van der Waals surface area contributed by atoms with Gasteiger partial charge in [-0.15, -0.1) is 0 Å². The average molecular weight is 381 g/mol. The van der Waals surface area contributed by atoms with Crippen LogP contribution < -0.4 is 10.2 Å². The Labute approximate surface area is 166 Å². The van der Waals surface area contributed by atoms with Gasteiger partial charge in [-0.2, -0.15) is 0 Å². The summed E-state index contributed by atoms with van der Waals surface area (Å²) in [5.41, 5.74) is 4.85. The van der Waals surface area contributed by atoms with E-state index < -0.39 is 0 Å². The summed E-state index contributed by atoms with van der Waals surface area (Å²) < 4.78 is 13.0. The number of rotatable bonds is 6. The van der Waals surface area contributed by atoms with E-state index >= 15 is 0 Å². The topological polar surface area (TPSA) is 35.6 Å². The van der Waals surface area contributed by atoms with Crippen molar-refractivity contribution >= 4 is 11.6 Å². The number of nitrogens with zero attached hydrogens (tertiary/aromatic N) is 2. The molecule has 2 aromatic rings. The Morgan fingerprint density at radius 2 is 1.86 bits per heavy atom. The lowest BCUT2D eigenvalue weighted by Gasteiger charge is -2.29. The van der Waals surface area contributed by atoms with E-state index in [9.17, 15) is 9.18 Å². The van der Waals surface area contributed by atoms with Gasteiger partial charge in [-0.3, -0.25) is 9.69 Å². The number of carbonyl (C=O) groups excluding carboxylic acids is 1. The zero-order chi connectivity index (χ0) is 19.5. The zero-order valence-electron chi connectivity index (χ0n) is 16.5. The second kappa shape index (κ2) is 8.31. The Hall–Kier alpha value is -2.40. The van der Waals surface area contributed by atoms with E-state index in [-0.39, 0.29) is 24.2 Å². The molecule has 0 bridgehead atoms. The van der Waals surface area contributed by atoms with Crippen molar-refractivity contribution in [2.45, 2.75) is 31.7 Å². The molecule has 2 aliphatic rings. The zero-order valence-corrected chi connectivity index (χ0v) is 16.5. The molecule has 1 atom stereocenters. The molecule has 148 valence electrons. The number of likely N-dealkylation sites (tertiary alicyclic amines) is 1. The largest absolute Gasteiger partial charge is 0.374 e. The molecular formula is C23H28FN3O. The lowest BCUT2D eigenvalue weighted by molar-refractivity contribution is -0.120. The van der Waals surface area contributed by atoms with Gasteiger partial charge in [0, 0.05) is 25.8 Å². The first-order valence-corrected chi connectivity index (χ1v) is 10.2. The second-order valence-corrected chi connectivity index (χ2v) is 7.93. The summed E-state index contributed by atoms with van der Waals surface area (Å²) in [6.07, 6.45) is 3.80. The molecule has 4 rings (SSSR count). The lowest BCUT2D eigenvalue weighted by Crippen LogP contribution is -2.37. The van der Waals surface area contributed by atoms with Crippen LogP contribution in [0.25, 0.3) is 0 Å². The Morgan fingerprint density at radius 3 is 2.61 bits per heavy atom. The van der Waals surface area contributed by atoms with Crippen molar-refractivity contribution in [3.63, 3.8) is 0 Å². The summed E-state index contributed by atoms with van der Waals surface area (Å²) in [6, 6.07) is 13.1. The third-order valence-corrected chi connectivity index (χ3v) is 5.97. The van der Waals surface area contributed by atoms with E-state index in [1.165, 1.54) is 41.8 Å². The van der Waals surface area contributed by atoms with Crippen LogP contribution in [-0.2, 0) is 17.6 Å². The maximum atomic E-state index is 13.0. The predicted octanol–water partition coefficient (Wildman–Crippen LogP) is 3.31. The number of benzene rings is 2. The van der Waals surface area contributed by atoms with E-state index in [1.54, 1.807) is 12.1 Å². The van der Waals surface area contributed by atoms with E-state index in [2.05, 4.69) is 40.4 Å². The van der Waals surface area contributed by atoms with Crippen LogP contribution in [0.5, 0.6) is 0 Å². The van der Waals surface area contributed by atoms with Gasteiger partial charge in [-0.25, -0.2) is 4.39 Å². The minimum Gasteiger partial charge on any atom is -0.374 e. The Bertz CT molecular complexity index is 830.